The Morgan fingerprint density at radius 3 is 2.74 bits per heavy atom. The molecule has 0 saturated heterocycles. The van der Waals surface area contributed by atoms with Crippen LogP contribution >= 0.6 is 23.7 Å². The largest absolute Gasteiger partial charge is 0.355 e. The average molecular weight is 306 g/mol. The van der Waals surface area contributed by atoms with Crippen LogP contribution in [0, 0.1) is 0 Å². The molecule has 108 valence electrons. The average Bonchev–Trinajstić information content (AvgIpc) is 2.80. The number of amides is 2. The first kappa shape index (κ1) is 17.9. The molecule has 0 aliphatic rings. The fourth-order valence-corrected chi connectivity index (χ4v) is 2.09. The molecular weight excluding hydrogens is 286 g/mol. The number of rotatable bonds is 6. The van der Waals surface area contributed by atoms with E-state index in [9.17, 15) is 9.59 Å². The summed E-state index contributed by atoms with van der Waals surface area (Å²) >= 11 is 1.37. The molecule has 0 aromatic carbocycles. The first-order valence-corrected chi connectivity index (χ1v) is 6.70. The second kappa shape index (κ2) is 8.90. The van der Waals surface area contributed by atoms with Gasteiger partial charge in [0.25, 0.3) is 5.91 Å². The van der Waals surface area contributed by atoms with E-state index in [-0.39, 0.29) is 36.8 Å². The third-order valence-corrected chi connectivity index (χ3v) is 3.24. The Labute approximate surface area is 123 Å². The Bertz CT molecular complexity index is 396. The van der Waals surface area contributed by atoms with E-state index in [4.69, 9.17) is 5.73 Å². The highest BCUT2D eigenvalue weighted by molar-refractivity contribution is 7.12. The molecule has 3 N–H and O–H groups in total. The SMILES string of the molecule is CC(N)CCNC(=O)CN(C)C(=O)c1cccs1.Cl. The van der Waals surface area contributed by atoms with Crippen molar-refractivity contribution < 1.29 is 9.59 Å². The van der Waals surface area contributed by atoms with Gasteiger partial charge in [-0.15, -0.1) is 23.7 Å². The van der Waals surface area contributed by atoms with Crippen molar-refractivity contribution in [3.8, 4) is 0 Å². The zero-order valence-electron chi connectivity index (χ0n) is 11.1. The molecule has 2 amide bonds. The lowest BCUT2D eigenvalue weighted by Crippen LogP contribution is -2.39. The molecule has 0 fully saturated rings. The van der Waals surface area contributed by atoms with Crippen molar-refractivity contribution in [3.05, 3.63) is 22.4 Å². The van der Waals surface area contributed by atoms with E-state index < -0.39 is 0 Å². The van der Waals surface area contributed by atoms with E-state index in [2.05, 4.69) is 5.32 Å². The topological polar surface area (TPSA) is 75.4 Å². The smallest absolute Gasteiger partial charge is 0.264 e. The highest BCUT2D eigenvalue weighted by Gasteiger charge is 2.15. The van der Waals surface area contributed by atoms with Gasteiger partial charge in [-0.2, -0.15) is 0 Å². The van der Waals surface area contributed by atoms with Gasteiger partial charge in [-0.1, -0.05) is 6.07 Å². The Hall–Kier alpha value is -1.11. The fraction of sp³-hybridized carbons (Fsp3) is 0.500. The van der Waals surface area contributed by atoms with Crippen LogP contribution in [0.3, 0.4) is 0 Å². The van der Waals surface area contributed by atoms with Crippen molar-refractivity contribution in [2.45, 2.75) is 19.4 Å². The molecule has 1 heterocycles. The van der Waals surface area contributed by atoms with Crippen LogP contribution < -0.4 is 11.1 Å². The predicted octanol–water partition coefficient (Wildman–Crippen LogP) is 1.10. The van der Waals surface area contributed by atoms with Crippen LogP contribution in [-0.2, 0) is 4.79 Å². The van der Waals surface area contributed by atoms with Crippen LogP contribution in [0.25, 0.3) is 0 Å². The van der Waals surface area contributed by atoms with Crippen molar-refractivity contribution >= 4 is 35.6 Å². The Kier molecular flexibility index (Phi) is 8.38. The molecule has 1 aromatic rings. The number of nitrogens with two attached hydrogens (primary N) is 1. The molecule has 5 nitrogen and oxygen atoms in total. The number of thiophene rings is 1. The van der Waals surface area contributed by atoms with Gasteiger partial charge in [-0.25, -0.2) is 0 Å². The monoisotopic (exact) mass is 305 g/mol. The van der Waals surface area contributed by atoms with Gasteiger partial charge < -0.3 is 16.0 Å². The Morgan fingerprint density at radius 2 is 2.21 bits per heavy atom. The second-order valence-electron chi connectivity index (χ2n) is 4.25. The van der Waals surface area contributed by atoms with Crippen molar-refractivity contribution in [3.63, 3.8) is 0 Å². The third kappa shape index (κ3) is 6.56. The standard InChI is InChI=1S/C12H19N3O2S.ClH/c1-9(13)5-6-14-11(16)8-15(2)12(17)10-4-3-7-18-10;/h3-4,7,9H,5-6,8,13H2,1-2H3,(H,14,16);1H. The summed E-state index contributed by atoms with van der Waals surface area (Å²) in [4.78, 5) is 25.5. The van der Waals surface area contributed by atoms with Gasteiger partial charge in [0.2, 0.25) is 5.91 Å². The van der Waals surface area contributed by atoms with Crippen molar-refractivity contribution in [1.82, 2.24) is 10.2 Å². The molecule has 0 aliphatic carbocycles. The maximum Gasteiger partial charge on any atom is 0.264 e. The zero-order chi connectivity index (χ0) is 13.5. The number of nitrogens with one attached hydrogen (secondary N) is 1. The molecule has 0 aliphatic heterocycles. The minimum Gasteiger partial charge on any atom is -0.355 e. The van der Waals surface area contributed by atoms with Crippen LogP contribution in [0.2, 0.25) is 0 Å². The Morgan fingerprint density at radius 1 is 1.53 bits per heavy atom. The van der Waals surface area contributed by atoms with E-state index in [1.54, 1.807) is 13.1 Å². The normalized spacial score (nSPS) is 11.3. The molecule has 1 unspecified atom stereocenters. The summed E-state index contributed by atoms with van der Waals surface area (Å²) in [6.07, 6.45) is 0.730. The summed E-state index contributed by atoms with van der Waals surface area (Å²) in [6.45, 7) is 2.49. The number of hydrogen-bond donors (Lipinski definition) is 2. The number of likely N-dealkylation sites (N-methyl/N-ethyl adjacent to an activating group) is 1. The molecule has 0 bridgehead atoms. The first-order chi connectivity index (χ1) is 8.50. The summed E-state index contributed by atoms with van der Waals surface area (Å²) in [7, 11) is 1.62. The van der Waals surface area contributed by atoms with Crippen LogP contribution in [0.5, 0.6) is 0 Å². The number of nitrogens with zero attached hydrogens (tertiary/aromatic N) is 1. The molecule has 1 atom stereocenters. The summed E-state index contributed by atoms with van der Waals surface area (Å²) in [5, 5.41) is 4.57. The van der Waals surface area contributed by atoms with Gasteiger partial charge in [0, 0.05) is 19.6 Å². The molecule has 1 aromatic heterocycles. The van der Waals surface area contributed by atoms with E-state index >= 15 is 0 Å². The lowest BCUT2D eigenvalue weighted by Gasteiger charge is -2.16. The summed E-state index contributed by atoms with van der Waals surface area (Å²) in [5.41, 5.74) is 5.58. The summed E-state index contributed by atoms with van der Waals surface area (Å²) in [5.74, 6) is -0.296. The summed E-state index contributed by atoms with van der Waals surface area (Å²) < 4.78 is 0. The van der Waals surface area contributed by atoms with E-state index in [0.29, 0.717) is 11.4 Å². The van der Waals surface area contributed by atoms with Gasteiger partial charge in [-0.05, 0) is 24.8 Å². The zero-order valence-corrected chi connectivity index (χ0v) is 12.7. The van der Waals surface area contributed by atoms with Gasteiger partial charge >= 0.3 is 0 Å². The molecule has 1 rings (SSSR count). The number of hydrogen-bond acceptors (Lipinski definition) is 4. The molecule has 7 heteroatoms. The quantitative estimate of drug-likeness (QED) is 0.826. The highest BCUT2D eigenvalue weighted by atomic mass is 35.5. The van der Waals surface area contributed by atoms with Crippen LogP contribution in [0.15, 0.2) is 17.5 Å². The highest BCUT2D eigenvalue weighted by Crippen LogP contribution is 2.10. The van der Waals surface area contributed by atoms with Crippen molar-refractivity contribution in [1.29, 1.82) is 0 Å². The molecular formula is C12H20ClN3O2S. The summed E-state index contributed by atoms with van der Waals surface area (Å²) in [6, 6.07) is 3.63. The predicted molar refractivity (Wildman–Crippen MR) is 79.8 cm³/mol. The van der Waals surface area contributed by atoms with Crippen molar-refractivity contribution in [2.75, 3.05) is 20.1 Å². The maximum absolute atomic E-state index is 11.9. The molecule has 0 saturated carbocycles. The molecule has 0 spiro atoms. The van der Waals surface area contributed by atoms with Gasteiger partial charge in [0.15, 0.2) is 0 Å². The van der Waals surface area contributed by atoms with E-state index in [1.165, 1.54) is 16.2 Å². The van der Waals surface area contributed by atoms with Crippen molar-refractivity contribution in [2.24, 2.45) is 5.73 Å². The van der Waals surface area contributed by atoms with Crippen LogP contribution in [-0.4, -0.2) is 42.9 Å². The van der Waals surface area contributed by atoms with Crippen LogP contribution in [0.1, 0.15) is 23.0 Å². The number of carbonyl (C=O) groups excluding carboxylic acids is 2. The third-order valence-electron chi connectivity index (χ3n) is 2.38. The second-order valence-corrected chi connectivity index (χ2v) is 5.20. The molecule has 19 heavy (non-hydrogen) atoms. The van der Waals surface area contributed by atoms with Crippen LogP contribution in [0.4, 0.5) is 0 Å². The first-order valence-electron chi connectivity index (χ1n) is 5.82. The van der Waals surface area contributed by atoms with Gasteiger partial charge in [-0.3, -0.25) is 9.59 Å². The fourth-order valence-electron chi connectivity index (χ4n) is 1.37. The Balaban J connectivity index is 0.00000324. The van der Waals surface area contributed by atoms with E-state index in [1.807, 2.05) is 18.4 Å². The van der Waals surface area contributed by atoms with Gasteiger partial charge in [0.1, 0.15) is 0 Å². The lowest BCUT2D eigenvalue weighted by atomic mass is 10.2. The minimum atomic E-state index is -0.164. The van der Waals surface area contributed by atoms with E-state index in [0.717, 1.165) is 6.42 Å². The lowest BCUT2D eigenvalue weighted by molar-refractivity contribution is -0.121. The van der Waals surface area contributed by atoms with Gasteiger partial charge in [0.05, 0.1) is 11.4 Å². The molecule has 0 radical (unpaired) electrons. The minimum absolute atomic E-state index is 0. The number of halogens is 1. The number of carbonyl (C=O) groups is 2. The maximum atomic E-state index is 11.9.